The molecule has 0 amide bonds. The van der Waals surface area contributed by atoms with Gasteiger partial charge >= 0.3 is 0 Å². The van der Waals surface area contributed by atoms with Crippen molar-refractivity contribution in [3.8, 4) is 0 Å². The van der Waals surface area contributed by atoms with E-state index in [1.54, 1.807) is 0 Å². The van der Waals surface area contributed by atoms with Crippen LogP contribution in [0.25, 0.3) is 0 Å². The van der Waals surface area contributed by atoms with Gasteiger partial charge in [0, 0.05) is 5.41 Å². The molecule has 1 radical (unpaired) electrons. The summed E-state index contributed by atoms with van der Waals surface area (Å²) in [6.45, 7) is 9.05. The Bertz CT molecular complexity index is 535. The minimum atomic E-state index is 0.0117. The van der Waals surface area contributed by atoms with Crippen LogP contribution in [-0.4, -0.2) is 0 Å². The average Bonchev–Trinajstić information content (AvgIpc) is 2.42. The molecule has 19 heavy (non-hydrogen) atoms. The van der Waals surface area contributed by atoms with Crippen molar-refractivity contribution in [1.29, 1.82) is 0 Å². The van der Waals surface area contributed by atoms with Gasteiger partial charge in [0.2, 0.25) is 0 Å². The van der Waals surface area contributed by atoms with Crippen LogP contribution in [0.5, 0.6) is 0 Å². The summed E-state index contributed by atoms with van der Waals surface area (Å²) in [5, 5.41) is 0. The zero-order valence-electron chi connectivity index (χ0n) is 12.5. The predicted octanol–water partition coefficient (Wildman–Crippen LogP) is 5.07. The van der Waals surface area contributed by atoms with Crippen molar-refractivity contribution in [2.45, 2.75) is 46.0 Å². The van der Waals surface area contributed by atoms with Crippen LogP contribution >= 0.6 is 0 Å². The summed E-state index contributed by atoms with van der Waals surface area (Å²) in [5.41, 5.74) is 5.57. The van der Waals surface area contributed by atoms with E-state index in [-0.39, 0.29) is 5.41 Å². The molecule has 0 saturated heterocycles. The number of hydrogen-bond donors (Lipinski definition) is 0. The van der Waals surface area contributed by atoms with E-state index in [0.29, 0.717) is 0 Å². The highest BCUT2D eigenvalue weighted by atomic mass is 14.3. The van der Waals surface area contributed by atoms with E-state index in [1.807, 2.05) is 0 Å². The predicted molar refractivity (Wildman–Crippen MR) is 82.6 cm³/mol. The van der Waals surface area contributed by atoms with Crippen molar-refractivity contribution in [3.05, 3.63) is 70.8 Å². The SMILES string of the molecule is CCCc1c(C(C)(C)c2ccccc2)[c]ccc1C. The molecule has 99 valence electrons. The van der Waals surface area contributed by atoms with Crippen molar-refractivity contribution in [2.75, 3.05) is 0 Å². The van der Waals surface area contributed by atoms with Crippen LogP contribution in [0, 0.1) is 13.0 Å². The maximum atomic E-state index is 3.50. The van der Waals surface area contributed by atoms with Gasteiger partial charge in [-0.15, -0.1) is 0 Å². The molecule has 0 N–H and O–H groups in total. The van der Waals surface area contributed by atoms with Gasteiger partial charge in [-0.05, 0) is 41.7 Å². The molecule has 0 aliphatic rings. The highest BCUT2D eigenvalue weighted by Crippen LogP contribution is 2.34. The average molecular weight is 251 g/mol. The standard InChI is InChI=1S/C19H23/c1-5-10-17-15(2)11-9-14-18(17)19(3,4)16-12-7-6-8-13-16/h6-9,11-13H,5,10H2,1-4H3. The van der Waals surface area contributed by atoms with Gasteiger partial charge in [-0.2, -0.15) is 0 Å². The zero-order valence-corrected chi connectivity index (χ0v) is 12.5. The molecule has 2 aromatic carbocycles. The van der Waals surface area contributed by atoms with Gasteiger partial charge in [-0.1, -0.05) is 69.7 Å². The molecule has 0 fully saturated rings. The Kier molecular flexibility index (Phi) is 4.09. The van der Waals surface area contributed by atoms with E-state index >= 15 is 0 Å². The largest absolute Gasteiger partial charge is 0.0651 e. The second-order valence-electron chi connectivity index (χ2n) is 5.76. The third kappa shape index (κ3) is 2.73. The van der Waals surface area contributed by atoms with E-state index in [9.17, 15) is 0 Å². The molecule has 2 rings (SSSR count). The minimum absolute atomic E-state index is 0.0117. The Balaban J connectivity index is 2.54. The molecule has 0 aliphatic carbocycles. The summed E-state index contributed by atoms with van der Waals surface area (Å²) < 4.78 is 0. The molecule has 0 atom stereocenters. The van der Waals surface area contributed by atoms with Crippen molar-refractivity contribution in [1.82, 2.24) is 0 Å². The lowest BCUT2D eigenvalue weighted by atomic mass is 9.74. The van der Waals surface area contributed by atoms with E-state index in [2.05, 4.69) is 76.2 Å². The molecule has 2 aromatic rings. The van der Waals surface area contributed by atoms with Gasteiger partial charge in [0.15, 0.2) is 0 Å². The Morgan fingerprint density at radius 2 is 1.74 bits per heavy atom. The normalized spacial score (nSPS) is 11.6. The Hall–Kier alpha value is -1.56. The highest BCUT2D eigenvalue weighted by molar-refractivity contribution is 5.44. The van der Waals surface area contributed by atoms with Crippen LogP contribution in [0.3, 0.4) is 0 Å². The van der Waals surface area contributed by atoms with Gasteiger partial charge in [0.05, 0.1) is 0 Å². The van der Waals surface area contributed by atoms with Crippen LogP contribution in [0.2, 0.25) is 0 Å². The quantitative estimate of drug-likeness (QED) is 0.711. The maximum absolute atomic E-state index is 3.50. The summed E-state index contributed by atoms with van der Waals surface area (Å²) in [7, 11) is 0. The van der Waals surface area contributed by atoms with Crippen LogP contribution in [0.1, 0.15) is 49.4 Å². The van der Waals surface area contributed by atoms with Crippen LogP contribution in [0.4, 0.5) is 0 Å². The Morgan fingerprint density at radius 3 is 2.37 bits per heavy atom. The van der Waals surface area contributed by atoms with Gasteiger partial charge in [-0.3, -0.25) is 0 Å². The third-order valence-electron chi connectivity index (χ3n) is 3.96. The second kappa shape index (κ2) is 5.61. The summed E-state index contributed by atoms with van der Waals surface area (Å²) in [6, 6.07) is 18.5. The first-order valence-electron chi connectivity index (χ1n) is 7.13. The van der Waals surface area contributed by atoms with Crippen LogP contribution in [0.15, 0.2) is 42.5 Å². The molecule has 0 heterocycles. The lowest BCUT2D eigenvalue weighted by molar-refractivity contribution is 0.627. The number of aryl methyl sites for hydroxylation is 1. The number of rotatable bonds is 4. The molecule has 0 bridgehead atoms. The van der Waals surface area contributed by atoms with Crippen molar-refractivity contribution in [3.63, 3.8) is 0 Å². The van der Waals surface area contributed by atoms with Crippen molar-refractivity contribution in [2.24, 2.45) is 0 Å². The van der Waals surface area contributed by atoms with Crippen LogP contribution < -0.4 is 0 Å². The summed E-state index contributed by atoms with van der Waals surface area (Å²) in [5.74, 6) is 0. The first kappa shape index (κ1) is 13.9. The van der Waals surface area contributed by atoms with Gasteiger partial charge in [-0.25, -0.2) is 0 Å². The lowest BCUT2D eigenvalue weighted by Gasteiger charge is -2.29. The highest BCUT2D eigenvalue weighted by Gasteiger charge is 2.26. The smallest absolute Gasteiger partial charge is 0.0155 e. The van der Waals surface area contributed by atoms with E-state index in [0.717, 1.165) is 6.42 Å². The fourth-order valence-electron chi connectivity index (χ4n) is 2.76. The Morgan fingerprint density at radius 1 is 1.05 bits per heavy atom. The topological polar surface area (TPSA) is 0 Å². The minimum Gasteiger partial charge on any atom is -0.0651 e. The molecule has 0 aromatic heterocycles. The first-order chi connectivity index (χ1) is 9.07. The summed E-state index contributed by atoms with van der Waals surface area (Å²) in [4.78, 5) is 0. The summed E-state index contributed by atoms with van der Waals surface area (Å²) in [6.07, 6.45) is 2.31. The van der Waals surface area contributed by atoms with Gasteiger partial charge in [0.1, 0.15) is 0 Å². The number of hydrogen-bond acceptors (Lipinski definition) is 0. The molecular formula is C19H23. The van der Waals surface area contributed by atoms with E-state index in [1.165, 1.54) is 28.7 Å². The summed E-state index contributed by atoms with van der Waals surface area (Å²) >= 11 is 0. The third-order valence-corrected chi connectivity index (χ3v) is 3.96. The maximum Gasteiger partial charge on any atom is 0.0155 e. The fraction of sp³-hybridized carbons (Fsp3) is 0.368. The number of benzene rings is 2. The molecule has 0 spiro atoms. The van der Waals surface area contributed by atoms with Crippen molar-refractivity contribution < 1.29 is 0 Å². The molecule has 0 aliphatic heterocycles. The first-order valence-corrected chi connectivity index (χ1v) is 7.13. The molecule has 0 heteroatoms. The zero-order chi connectivity index (χ0) is 13.9. The monoisotopic (exact) mass is 251 g/mol. The molecule has 0 unspecified atom stereocenters. The van der Waals surface area contributed by atoms with Crippen molar-refractivity contribution >= 4 is 0 Å². The molecule has 0 nitrogen and oxygen atoms in total. The Labute approximate surface area is 117 Å². The fourth-order valence-corrected chi connectivity index (χ4v) is 2.76. The van der Waals surface area contributed by atoms with Gasteiger partial charge in [0.25, 0.3) is 0 Å². The van der Waals surface area contributed by atoms with Crippen LogP contribution in [-0.2, 0) is 11.8 Å². The molecule has 0 saturated carbocycles. The second-order valence-corrected chi connectivity index (χ2v) is 5.76. The van der Waals surface area contributed by atoms with E-state index in [4.69, 9.17) is 0 Å². The lowest BCUT2D eigenvalue weighted by Crippen LogP contribution is -2.21. The van der Waals surface area contributed by atoms with Gasteiger partial charge < -0.3 is 0 Å². The molecular weight excluding hydrogens is 228 g/mol. The van der Waals surface area contributed by atoms with E-state index < -0.39 is 0 Å².